The molecule has 9 nitrogen and oxygen atoms in total. The van der Waals surface area contributed by atoms with Crippen LogP contribution >= 0.6 is 11.3 Å². The monoisotopic (exact) mass is 388 g/mol. The van der Waals surface area contributed by atoms with Gasteiger partial charge in [-0.05, 0) is 33.3 Å². The molecule has 0 aromatic carbocycles. The van der Waals surface area contributed by atoms with E-state index >= 15 is 0 Å². The first kappa shape index (κ1) is 17.7. The number of thiophene rings is 1. The summed E-state index contributed by atoms with van der Waals surface area (Å²) in [6.07, 6.45) is 1.45. The third-order valence-electron chi connectivity index (χ3n) is 5.19. The summed E-state index contributed by atoms with van der Waals surface area (Å²) in [5.74, 6) is -0.525. The van der Waals surface area contributed by atoms with Crippen LogP contribution in [-0.4, -0.2) is 54.5 Å². The minimum atomic E-state index is -0.964. The van der Waals surface area contributed by atoms with Crippen LogP contribution in [0.4, 0.5) is 0 Å². The minimum absolute atomic E-state index is 0.209. The van der Waals surface area contributed by atoms with Crippen LogP contribution in [0.3, 0.4) is 0 Å². The number of piperazine rings is 1. The number of carbonyl (C=O) groups excluding carboxylic acids is 2. The molecule has 0 atom stereocenters. The fourth-order valence-electron chi connectivity index (χ4n) is 3.42. The molecule has 1 N–H and O–H groups in total. The van der Waals surface area contributed by atoms with Gasteiger partial charge in [-0.15, -0.1) is 16.4 Å². The number of amides is 2. The molecule has 2 amide bonds. The third-order valence-corrected chi connectivity index (χ3v) is 6.30. The van der Waals surface area contributed by atoms with Gasteiger partial charge in [-0.3, -0.25) is 9.59 Å². The van der Waals surface area contributed by atoms with Crippen molar-refractivity contribution in [2.45, 2.75) is 39.8 Å². The molecular weight excluding hydrogens is 368 g/mol. The Morgan fingerprint density at radius 2 is 2.07 bits per heavy atom. The highest BCUT2D eigenvalue weighted by atomic mass is 32.1. The minimum Gasteiger partial charge on any atom is -0.352 e. The number of rotatable bonds is 2. The molecule has 1 aliphatic heterocycles. The molecule has 0 unspecified atom stereocenters. The highest BCUT2D eigenvalue weighted by Crippen LogP contribution is 2.30. The highest BCUT2D eigenvalue weighted by Gasteiger charge is 2.40. The Hall–Kier alpha value is -2.75. The van der Waals surface area contributed by atoms with Crippen LogP contribution in [0.25, 0.3) is 15.9 Å². The van der Waals surface area contributed by atoms with Gasteiger partial charge < -0.3 is 10.2 Å². The van der Waals surface area contributed by atoms with Gasteiger partial charge in [0, 0.05) is 18.0 Å². The van der Waals surface area contributed by atoms with E-state index in [-0.39, 0.29) is 18.4 Å². The first-order chi connectivity index (χ1) is 12.7. The molecule has 1 aliphatic rings. The SMILES string of the molecule is Cc1sc2ncn3c(=O)n(CC(=O)N4CCNC(=O)C4(C)C)nc3c2c1C. The lowest BCUT2D eigenvalue weighted by atomic mass is 9.99. The molecule has 0 saturated carbocycles. The second-order valence-electron chi connectivity index (χ2n) is 7.20. The van der Waals surface area contributed by atoms with Crippen LogP contribution in [0.2, 0.25) is 0 Å². The zero-order valence-corrected chi connectivity index (χ0v) is 16.4. The fourth-order valence-corrected chi connectivity index (χ4v) is 4.41. The predicted octanol–water partition coefficient (Wildman–Crippen LogP) is 0.460. The number of aryl methyl sites for hydroxylation is 2. The molecule has 0 aliphatic carbocycles. The van der Waals surface area contributed by atoms with Crippen molar-refractivity contribution in [1.29, 1.82) is 0 Å². The van der Waals surface area contributed by atoms with Crippen molar-refractivity contribution in [3.05, 3.63) is 27.3 Å². The summed E-state index contributed by atoms with van der Waals surface area (Å²) in [4.78, 5) is 45.4. The quantitative estimate of drug-likeness (QED) is 0.687. The van der Waals surface area contributed by atoms with Gasteiger partial charge in [-0.2, -0.15) is 0 Å². The highest BCUT2D eigenvalue weighted by molar-refractivity contribution is 7.18. The fraction of sp³-hybridized carbons (Fsp3) is 0.471. The Morgan fingerprint density at radius 3 is 2.81 bits per heavy atom. The first-order valence-corrected chi connectivity index (χ1v) is 9.46. The van der Waals surface area contributed by atoms with Gasteiger partial charge in [-0.25, -0.2) is 18.9 Å². The normalized spacial score (nSPS) is 16.9. The summed E-state index contributed by atoms with van der Waals surface area (Å²) in [5, 5.41) is 7.99. The first-order valence-electron chi connectivity index (χ1n) is 8.64. The lowest BCUT2D eigenvalue weighted by molar-refractivity contribution is -0.149. The number of carbonyl (C=O) groups is 2. The molecule has 3 aromatic rings. The summed E-state index contributed by atoms with van der Waals surface area (Å²) in [5.41, 5.74) is 0.143. The molecule has 3 aromatic heterocycles. The maximum absolute atomic E-state index is 12.8. The zero-order valence-electron chi connectivity index (χ0n) is 15.6. The van der Waals surface area contributed by atoms with E-state index in [1.165, 1.54) is 15.6 Å². The molecule has 10 heteroatoms. The van der Waals surface area contributed by atoms with Crippen molar-refractivity contribution in [2.24, 2.45) is 0 Å². The van der Waals surface area contributed by atoms with Crippen molar-refractivity contribution in [2.75, 3.05) is 13.1 Å². The molecule has 1 saturated heterocycles. The zero-order chi connectivity index (χ0) is 19.5. The standard InChI is InChI=1S/C17H20N6O3S/c1-9-10(2)27-14-12(9)13-20-23(16(26)21(13)8-19-14)7-11(24)22-6-5-18-15(25)17(22,3)4/h8H,5-7H2,1-4H3,(H,18,25). The van der Waals surface area contributed by atoms with Gasteiger partial charge in [0.2, 0.25) is 11.8 Å². The summed E-state index contributed by atoms with van der Waals surface area (Å²) in [6.45, 7) is 7.93. The molecule has 4 heterocycles. The van der Waals surface area contributed by atoms with E-state index < -0.39 is 11.2 Å². The largest absolute Gasteiger partial charge is 0.352 e. The van der Waals surface area contributed by atoms with Crippen LogP contribution in [0, 0.1) is 13.8 Å². The van der Waals surface area contributed by atoms with Gasteiger partial charge in [0.1, 0.15) is 23.2 Å². The second kappa shape index (κ2) is 5.88. The van der Waals surface area contributed by atoms with E-state index in [1.807, 2.05) is 13.8 Å². The van der Waals surface area contributed by atoms with E-state index in [2.05, 4.69) is 15.4 Å². The number of hydrogen-bond donors (Lipinski definition) is 1. The maximum atomic E-state index is 12.8. The Labute approximate surface area is 158 Å². The third kappa shape index (κ3) is 2.54. The molecule has 142 valence electrons. The number of nitrogens with zero attached hydrogens (tertiary/aromatic N) is 5. The van der Waals surface area contributed by atoms with E-state index in [1.54, 1.807) is 25.2 Å². The Bertz CT molecular complexity index is 1160. The average molecular weight is 388 g/mol. The van der Waals surface area contributed by atoms with Crippen LogP contribution < -0.4 is 11.0 Å². The number of nitrogens with one attached hydrogen (secondary N) is 1. The Kier molecular flexibility index (Phi) is 3.84. The van der Waals surface area contributed by atoms with Crippen LogP contribution in [0.5, 0.6) is 0 Å². The van der Waals surface area contributed by atoms with E-state index in [9.17, 15) is 14.4 Å². The Balaban J connectivity index is 1.75. The lowest BCUT2D eigenvalue weighted by Gasteiger charge is -2.41. The lowest BCUT2D eigenvalue weighted by Crippen LogP contribution is -2.64. The van der Waals surface area contributed by atoms with Gasteiger partial charge >= 0.3 is 5.69 Å². The molecule has 0 spiro atoms. The summed E-state index contributed by atoms with van der Waals surface area (Å²) in [7, 11) is 0. The molecule has 0 bridgehead atoms. The van der Waals surface area contributed by atoms with E-state index in [4.69, 9.17) is 0 Å². The average Bonchev–Trinajstić information content (AvgIpc) is 3.07. The molecule has 0 radical (unpaired) electrons. The summed E-state index contributed by atoms with van der Waals surface area (Å²) < 4.78 is 2.51. The van der Waals surface area contributed by atoms with Crippen LogP contribution in [0.1, 0.15) is 24.3 Å². The molecule has 27 heavy (non-hydrogen) atoms. The van der Waals surface area contributed by atoms with E-state index in [0.717, 1.165) is 25.3 Å². The summed E-state index contributed by atoms with van der Waals surface area (Å²) >= 11 is 1.55. The second-order valence-corrected chi connectivity index (χ2v) is 8.41. The maximum Gasteiger partial charge on any atom is 0.352 e. The van der Waals surface area contributed by atoms with Crippen molar-refractivity contribution < 1.29 is 9.59 Å². The number of aromatic nitrogens is 4. The predicted molar refractivity (Wildman–Crippen MR) is 101 cm³/mol. The van der Waals surface area contributed by atoms with Gasteiger partial charge in [0.25, 0.3) is 0 Å². The topological polar surface area (TPSA) is 102 Å². The van der Waals surface area contributed by atoms with Crippen molar-refractivity contribution in [3.8, 4) is 0 Å². The van der Waals surface area contributed by atoms with Crippen LogP contribution in [0.15, 0.2) is 11.1 Å². The van der Waals surface area contributed by atoms with Crippen LogP contribution in [-0.2, 0) is 16.1 Å². The van der Waals surface area contributed by atoms with E-state index in [0.29, 0.717) is 18.7 Å². The molecular formula is C17H20N6O3S. The van der Waals surface area contributed by atoms with Gasteiger partial charge in [0.15, 0.2) is 5.65 Å². The van der Waals surface area contributed by atoms with Crippen molar-refractivity contribution in [3.63, 3.8) is 0 Å². The number of fused-ring (bicyclic) bond motifs is 3. The van der Waals surface area contributed by atoms with Crippen molar-refractivity contribution >= 4 is 39.0 Å². The van der Waals surface area contributed by atoms with Gasteiger partial charge in [-0.1, -0.05) is 0 Å². The smallest absolute Gasteiger partial charge is 0.352 e. The number of hydrogen-bond acceptors (Lipinski definition) is 6. The molecule has 1 fully saturated rings. The Morgan fingerprint density at radius 1 is 1.33 bits per heavy atom. The van der Waals surface area contributed by atoms with Gasteiger partial charge in [0.05, 0.1) is 5.39 Å². The summed E-state index contributed by atoms with van der Waals surface area (Å²) in [6, 6.07) is 0. The van der Waals surface area contributed by atoms with Crippen molar-refractivity contribution in [1.82, 2.24) is 29.4 Å². The molecule has 4 rings (SSSR count).